The highest BCUT2D eigenvalue weighted by Crippen LogP contribution is 2.39. The number of hydrogen-bond acceptors (Lipinski definition) is 4. The van der Waals surface area contributed by atoms with Crippen LogP contribution in [0.15, 0.2) is 42.5 Å². The van der Waals surface area contributed by atoms with Gasteiger partial charge in [-0.2, -0.15) is 0 Å². The monoisotopic (exact) mass is 312 g/mol. The Morgan fingerprint density at radius 3 is 2.65 bits per heavy atom. The van der Waals surface area contributed by atoms with E-state index in [1.165, 1.54) is 0 Å². The van der Waals surface area contributed by atoms with Crippen molar-refractivity contribution >= 4 is 5.78 Å². The first-order chi connectivity index (χ1) is 11.2. The van der Waals surface area contributed by atoms with Gasteiger partial charge in [0.25, 0.3) is 0 Å². The van der Waals surface area contributed by atoms with Crippen LogP contribution in [0.1, 0.15) is 35.7 Å². The van der Waals surface area contributed by atoms with Crippen molar-refractivity contribution in [1.82, 2.24) is 0 Å². The van der Waals surface area contributed by atoms with Crippen molar-refractivity contribution in [3.05, 3.63) is 53.6 Å². The first-order valence-corrected chi connectivity index (χ1v) is 7.80. The fraction of sp³-hybridized carbons (Fsp3) is 0.316. The van der Waals surface area contributed by atoms with Gasteiger partial charge in [-0.15, -0.1) is 0 Å². The van der Waals surface area contributed by atoms with Gasteiger partial charge in [-0.1, -0.05) is 37.3 Å². The fourth-order valence-corrected chi connectivity index (χ4v) is 2.63. The molecule has 1 heterocycles. The van der Waals surface area contributed by atoms with Crippen LogP contribution in [0.25, 0.3) is 0 Å². The lowest BCUT2D eigenvalue weighted by Crippen LogP contribution is -2.26. The number of fused-ring (bicyclic) bond motifs is 1. The van der Waals surface area contributed by atoms with Crippen LogP contribution in [0.4, 0.5) is 0 Å². The summed E-state index contributed by atoms with van der Waals surface area (Å²) in [7, 11) is 1.57. The molecule has 1 atom stereocenters. The van der Waals surface area contributed by atoms with Crippen molar-refractivity contribution in [3.63, 3.8) is 0 Å². The second-order valence-electron chi connectivity index (χ2n) is 5.55. The summed E-state index contributed by atoms with van der Waals surface area (Å²) in [6.07, 6.45) is 1.15. The van der Waals surface area contributed by atoms with Crippen molar-refractivity contribution in [2.45, 2.75) is 32.5 Å². The van der Waals surface area contributed by atoms with Crippen LogP contribution < -0.4 is 14.2 Å². The number of methoxy groups -OCH3 is 1. The molecule has 3 rings (SSSR count). The van der Waals surface area contributed by atoms with Crippen LogP contribution in [-0.2, 0) is 6.61 Å². The lowest BCUT2D eigenvalue weighted by Gasteiger charge is -2.25. The van der Waals surface area contributed by atoms with Gasteiger partial charge in [-0.25, -0.2) is 0 Å². The summed E-state index contributed by atoms with van der Waals surface area (Å²) < 4.78 is 17.1. The molecule has 2 aromatic carbocycles. The molecule has 0 amide bonds. The number of ether oxygens (including phenoxy) is 3. The van der Waals surface area contributed by atoms with Gasteiger partial charge in [0.05, 0.1) is 12.7 Å². The maximum atomic E-state index is 12.2. The zero-order valence-electron chi connectivity index (χ0n) is 13.4. The van der Waals surface area contributed by atoms with Gasteiger partial charge in [0, 0.05) is 12.5 Å². The van der Waals surface area contributed by atoms with E-state index < -0.39 is 0 Å². The second kappa shape index (κ2) is 6.73. The van der Waals surface area contributed by atoms with Crippen LogP contribution in [0.3, 0.4) is 0 Å². The number of carbonyl (C=O) groups excluding carboxylic acids is 1. The van der Waals surface area contributed by atoms with Crippen LogP contribution in [0, 0.1) is 0 Å². The molecule has 0 aromatic heterocycles. The summed E-state index contributed by atoms with van der Waals surface area (Å²) in [6.45, 7) is 2.44. The summed E-state index contributed by atoms with van der Waals surface area (Å²) in [6, 6.07) is 13.4. The summed E-state index contributed by atoms with van der Waals surface area (Å²) >= 11 is 0. The molecule has 4 heteroatoms. The lowest BCUT2D eigenvalue weighted by atomic mass is 9.99. The molecule has 0 saturated carbocycles. The maximum Gasteiger partial charge on any atom is 0.170 e. The number of carbonyl (C=O) groups is 1. The van der Waals surface area contributed by atoms with Crippen LogP contribution in [0.2, 0.25) is 0 Å². The van der Waals surface area contributed by atoms with Crippen molar-refractivity contribution < 1.29 is 19.0 Å². The molecule has 1 unspecified atom stereocenters. The Labute approximate surface area is 136 Å². The minimum atomic E-state index is -0.0645. The topological polar surface area (TPSA) is 44.8 Å². The van der Waals surface area contributed by atoms with E-state index in [1.807, 2.05) is 37.3 Å². The van der Waals surface area contributed by atoms with Gasteiger partial charge in [-0.3, -0.25) is 4.79 Å². The Morgan fingerprint density at radius 1 is 1.17 bits per heavy atom. The summed E-state index contributed by atoms with van der Waals surface area (Å²) in [5.41, 5.74) is 1.63. The predicted octanol–water partition coefficient (Wildman–Crippen LogP) is 4.02. The first kappa shape index (κ1) is 15.4. The van der Waals surface area contributed by atoms with Crippen molar-refractivity contribution in [2.24, 2.45) is 0 Å². The molecular formula is C19H20O4. The third-order valence-corrected chi connectivity index (χ3v) is 3.97. The lowest BCUT2D eigenvalue weighted by molar-refractivity contribution is 0.0843. The van der Waals surface area contributed by atoms with Gasteiger partial charge in [-0.05, 0) is 18.1 Å². The zero-order valence-corrected chi connectivity index (χ0v) is 13.4. The highest BCUT2D eigenvalue weighted by atomic mass is 16.5. The average molecular weight is 312 g/mol. The molecule has 0 aliphatic carbocycles. The van der Waals surface area contributed by atoms with Crippen molar-refractivity contribution in [2.75, 3.05) is 7.11 Å². The van der Waals surface area contributed by atoms with E-state index in [0.29, 0.717) is 35.8 Å². The highest BCUT2D eigenvalue weighted by molar-refractivity contribution is 6.00. The number of hydrogen-bond donors (Lipinski definition) is 0. The molecule has 0 fully saturated rings. The number of benzene rings is 2. The second-order valence-corrected chi connectivity index (χ2v) is 5.55. The van der Waals surface area contributed by atoms with Crippen LogP contribution in [-0.4, -0.2) is 19.0 Å². The average Bonchev–Trinajstić information content (AvgIpc) is 2.60. The normalized spacial score (nSPS) is 16.4. The number of rotatable bonds is 5. The third kappa shape index (κ3) is 3.31. The highest BCUT2D eigenvalue weighted by Gasteiger charge is 2.27. The van der Waals surface area contributed by atoms with Crippen molar-refractivity contribution in [3.8, 4) is 17.2 Å². The first-order valence-electron chi connectivity index (χ1n) is 7.80. The van der Waals surface area contributed by atoms with E-state index in [4.69, 9.17) is 14.2 Å². The van der Waals surface area contributed by atoms with E-state index in [-0.39, 0.29) is 11.9 Å². The van der Waals surface area contributed by atoms with Crippen LogP contribution >= 0.6 is 0 Å². The smallest absolute Gasteiger partial charge is 0.170 e. The third-order valence-electron chi connectivity index (χ3n) is 3.97. The molecule has 23 heavy (non-hydrogen) atoms. The Hall–Kier alpha value is -2.49. The predicted molar refractivity (Wildman–Crippen MR) is 87.4 cm³/mol. The molecule has 0 N–H and O–H groups in total. The van der Waals surface area contributed by atoms with Gasteiger partial charge in [0.1, 0.15) is 18.5 Å². The maximum absolute atomic E-state index is 12.2. The minimum absolute atomic E-state index is 0.0645. The Kier molecular flexibility index (Phi) is 4.51. The largest absolute Gasteiger partial charge is 0.493 e. The molecule has 0 radical (unpaired) electrons. The molecule has 4 nitrogen and oxygen atoms in total. The van der Waals surface area contributed by atoms with E-state index >= 15 is 0 Å². The minimum Gasteiger partial charge on any atom is -0.493 e. The standard InChI is InChI=1S/C19H20O4/c1-3-14-9-16(20)15-10-18(21-2)19(11-17(15)23-14)22-12-13-7-5-4-6-8-13/h4-8,10-11,14H,3,9,12H2,1-2H3. The van der Waals surface area contributed by atoms with Gasteiger partial charge < -0.3 is 14.2 Å². The molecule has 2 aromatic rings. The van der Waals surface area contributed by atoms with Gasteiger partial charge in [0.2, 0.25) is 0 Å². The summed E-state index contributed by atoms with van der Waals surface area (Å²) in [4.78, 5) is 12.2. The van der Waals surface area contributed by atoms with E-state index in [0.717, 1.165) is 12.0 Å². The molecule has 0 spiro atoms. The number of ketones is 1. The zero-order chi connectivity index (χ0) is 16.2. The van der Waals surface area contributed by atoms with E-state index in [9.17, 15) is 4.79 Å². The van der Waals surface area contributed by atoms with Crippen molar-refractivity contribution in [1.29, 1.82) is 0 Å². The van der Waals surface area contributed by atoms with E-state index in [1.54, 1.807) is 19.2 Å². The SMILES string of the molecule is CCC1CC(=O)c2cc(OC)c(OCc3ccccc3)cc2O1. The van der Waals surface area contributed by atoms with Gasteiger partial charge >= 0.3 is 0 Å². The Morgan fingerprint density at radius 2 is 1.96 bits per heavy atom. The quantitative estimate of drug-likeness (QED) is 0.836. The fourth-order valence-electron chi connectivity index (χ4n) is 2.63. The number of Topliss-reactive ketones (excluding diaryl/α,β-unsaturated/α-hetero) is 1. The molecule has 1 aliphatic rings. The molecule has 0 saturated heterocycles. The Bertz CT molecular complexity index is 694. The molecular weight excluding hydrogens is 292 g/mol. The molecule has 1 aliphatic heterocycles. The van der Waals surface area contributed by atoms with E-state index in [2.05, 4.69) is 0 Å². The van der Waals surface area contributed by atoms with Crippen LogP contribution in [0.5, 0.6) is 17.2 Å². The molecule has 0 bridgehead atoms. The molecule has 120 valence electrons. The van der Waals surface area contributed by atoms with Gasteiger partial charge in [0.15, 0.2) is 17.3 Å². The Balaban J connectivity index is 1.86. The summed E-state index contributed by atoms with van der Waals surface area (Å²) in [5, 5.41) is 0. The summed E-state index contributed by atoms with van der Waals surface area (Å²) in [5.74, 6) is 1.80.